The van der Waals surface area contributed by atoms with Gasteiger partial charge < -0.3 is 9.84 Å². The van der Waals surface area contributed by atoms with Crippen molar-refractivity contribution < 1.29 is 19.4 Å². The molecule has 0 bridgehead atoms. The van der Waals surface area contributed by atoms with Crippen LogP contribution in [0.3, 0.4) is 0 Å². The average Bonchev–Trinajstić information content (AvgIpc) is 2.81. The lowest BCUT2D eigenvalue weighted by Crippen LogP contribution is -2.65. The molecule has 0 aromatic heterocycles. The topological polar surface area (TPSA) is 63.6 Å². The third-order valence-corrected chi connectivity index (χ3v) is 13.0. The minimum atomic E-state index is -0.464. The summed E-state index contributed by atoms with van der Waals surface area (Å²) in [6.45, 7) is 16.4. The van der Waals surface area contributed by atoms with E-state index in [1.54, 1.807) is 7.11 Å². The number of Topliss-reactive ketones (excluding diaryl/α,β-unsaturated/α-hetero) is 1. The van der Waals surface area contributed by atoms with Gasteiger partial charge in [0.2, 0.25) is 0 Å². The van der Waals surface area contributed by atoms with Gasteiger partial charge in [-0.05, 0) is 97.2 Å². The number of hydrogen-bond acceptors (Lipinski definition) is 4. The summed E-state index contributed by atoms with van der Waals surface area (Å²) < 4.78 is 5.48. The van der Waals surface area contributed by atoms with E-state index in [2.05, 4.69) is 54.5 Å². The Morgan fingerprint density at radius 3 is 2.31 bits per heavy atom. The van der Waals surface area contributed by atoms with Crippen LogP contribution in [-0.2, 0) is 14.3 Å². The molecule has 0 unspecified atom stereocenters. The summed E-state index contributed by atoms with van der Waals surface area (Å²) in [6.07, 6.45) is 12.4. The van der Waals surface area contributed by atoms with Crippen LogP contribution in [0.4, 0.5) is 0 Å². The van der Waals surface area contributed by atoms with Gasteiger partial charge >= 0.3 is 5.97 Å². The second-order valence-corrected chi connectivity index (χ2v) is 15.2. The highest BCUT2D eigenvalue weighted by molar-refractivity contribution is 6.00. The quantitative estimate of drug-likeness (QED) is 0.176. The zero-order chi connectivity index (χ0) is 26.5. The first-order valence-electron chi connectivity index (χ1n) is 14.3. The zero-order valence-electron chi connectivity index (χ0n) is 23.9. The number of hydrogen-bond donors (Lipinski definition) is 1. The molecule has 0 aromatic rings. The first-order valence-corrected chi connectivity index (χ1v) is 14.3. The zero-order valence-corrected chi connectivity index (χ0v) is 23.9. The molecule has 36 heavy (non-hydrogen) atoms. The van der Waals surface area contributed by atoms with Gasteiger partial charge in [0, 0.05) is 11.0 Å². The maximum atomic E-state index is 13.4. The van der Waals surface area contributed by atoms with Crippen LogP contribution in [0.25, 0.3) is 0 Å². The lowest BCUT2D eigenvalue weighted by atomic mass is 9.33. The highest BCUT2D eigenvalue weighted by Crippen LogP contribution is 2.75. The van der Waals surface area contributed by atoms with E-state index in [-0.39, 0.29) is 44.7 Å². The van der Waals surface area contributed by atoms with Crippen molar-refractivity contribution in [1.82, 2.24) is 0 Å². The van der Waals surface area contributed by atoms with E-state index in [4.69, 9.17) is 4.74 Å². The maximum Gasteiger partial charge on any atom is 0.312 e. The van der Waals surface area contributed by atoms with Gasteiger partial charge in [0.25, 0.3) is 0 Å². The van der Waals surface area contributed by atoms with Crippen molar-refractivity contribution in [1.29, 1.82) is 0 Å². The summed E-state index contributed by atoms with van der Waals surface area (Å²) in [4.78, 5) is 26.6. The Labute approximate surface area is 218 Å². The predicted molar refractivity (Wildman–Crippen MR) is 142 cm³/mol. The van der Waals surface area contributed by atoms with Crippen LogP contribution in [0.15, 0.2) is 23.5 Å². The van der Waals surface area contributed by atoms with E-state index < -0.39 is 5.41 Å². The Balaban J connectivity index is 1.62. The predicted octanol–water partition coefficient (Wildman–Crippen LogP) is 7.58. The molecular formula is C32H48O4. The SMILES string of the molecule is COC(=O)[C@]12CCC(C)(C)C[C@H]1C1=CC[C@@H]3[C@@]4(C)CC(=CO)C(=O)C(C)(C)[C@@H]4CC[C@@]3(C)[C@]1(C)CC2. The molecular weight excluding hydrogens is 448 g/mol. The number of carbonyl (C=O) groups excluding carboxylic acids is 2. The van der Waals surface area contributed by atoms with E-state index >= 15 is 0 Å². The minimum Gasteiger partial charge on any atom is -0.515 e. The molecule has 5 aliphatic carbocycles. The molecule has 4 heteroatoms. The van der Waals surface area contributed by atoms with Crippen LogP contribution in [0.5, 0.6) is 0 Å². The lowest BCUT2D eigenvalue weighted by molar-refractivity contribution is -0.185. The standard InChI is InChI=1S/C32H48O4/c1-27(2)13-15-32(26(35)36-8)16-14-30(6)21(22(32)18-27)9-10-24-29(5)17-20(19-33)25(34)28(3,4)23(29)11-12-31(24,30)7/h9,19,22-24,33H,10-18H2,1-8H3/t22-,23-,24+,29-,30+,31+,32-/m0/s1. The Kier molecular flexibility index (Phi) is 5.59. The van der Waals surface area contributed by atoms with Gasteiger partial charge in [-0.15, -0.1) is 0 Å². The van der Waals surface area contributed by atoms with Crippen LogP contribution in [0.1, 0.15) is 106 Å². The number of rotatable bonds is 1. The van der Waals surface area contributed by atoms with Crippen molar-refractivity contribution in [3.8, 4) is 0 Å². The van der Waals surface area contributed by atoms with Gasteiger partial charge in [-0.1, -0.05) is 60.1 Å². The summed E-state index contributed by atoms with van der Waals surface area (Å²) in [5.41, 5.74) is 1.56. The van der Waals surface area contributed by atoms with Gasteiger partial charge in [-0.25, -0.2) is 0 Å². The van der Waals surface area contributed by atoms with Crippen molar-refractivity contribution in [3.05, 3.63) is 23.5 Å². The monoisotopic (exact) mass is 496 g/mol. The number of allylic oxidation sites excluding steroid dienone is 3. The highest BCUT2D eigenvalue weighted by Gasteiger charge is 2.69. The van der Waals surface area contributed by atoms with Gasteiger partial charge in [0.1, 0.15) is 0 Å². The molecule has 0 aliphatic heterocycles. The molecule has 0 heterocycles. The number of aliphatic hydroxyl groups is 1. The molecule has 0 spiro atoms. The summed E-state index contributed by atoms with van der Waals surface area (Å²) in [7, 11) is 1.56. The molecule has 1 N–H and O–H groups in total. The number of ketones is 1. The van der Waals surface area contributed by atoms with Crippen molar-refractivity contribution in [2.45, 2.75) is 106 Å². The largest absolute Gasteiger partial charge is 0.515 e. The molecule has 0 amide bonds. The Bertz CT molecular complexity index is 1050. The number of methoxy groups -OCH3 is 1. The molecule has 5 aliphatic rings. The van der Waals surface area contributed by atoms with Gasteiger partial charge in [0.15, 0.2) is 5.78 Å². The van der Waals surface area contributed by atoms with E-state index in [1.807, 2.05) is 0 Å². The number of esters is 1. The van der Waals surface area contributed by atoms with E-state index in [9.17, 15) is 14.7 Å². The second kappa shape index (κ2) is 7.73. The fourth-order valence-corrected chi connectivity index (χ4v) is 10.8. The van der Waals surface area contributed by atoms with Gasteiger partial charge in [0.05, 0.1) is 18.8 Å². The van der Waals surface area contributed by atoms with E-state index in [0.717, 1.165) is 57.6 Å². The number of aliphatic hydroxyl groups excluding tert-OH is 1. The third kappa shape index (κ3) is 3.05. The average molecular weight is 497 g/mol. The second-order valence-electron chi connectivity index (χ2n) is 15.2. The molecule has 200 valence electrons. The van der Waals surface area contributed by atoms with Crippen LogP contribution >= 0.6 is 0 Å². The lowest BCUT2D eigenvalue weighted by Gasteiger charge is -2.70. The van der Waals surface area contributed by atoms with E-state index in [1.165, 1.54) is 5.57 Å². The molecule has 4 nitrogen and oxygen atoms in total. The normalized spacial score (nSPS) is 48.1. The van der Waals surface area contributed by atoms with Crippen molar-refractivity contribution in [3.63, 3.8) is 0 Å². The minimum absolute atomic E-state index is 0.000774. The van der Waals surface area contributed by atoms with Gasteiger partial charge in [-0.2, -0.15) is 0 Å². The number of carbonyl (C=O) groups is 2. The molecule has 5 rings (SSSR count). The van der Waals surface area contributed by atoms with Crippen molar-refractivity contribution in [2.75, 3.05) is 7.11 Å². The van der Waals surface area contributed by atoms with Crippen molar-refractivity contribution in [2.24, 2.45) is 50.2 Å². The van der Waals surface area contributed by atoms with Crippen LogP contribution in [0.2, 0.25) is 0 Å². The fourth-order valence-electron chi connectivity index (χ4n) is 10.8. The molecule has 4 saturated carbocycles. The summed E-state index contributed by atoms with van der Waals surface area (Å²) >= 11 is 0. The maximum absolute atomic E-state index is 13.4. The Morgan fingerprint density at radius 1 is 1.00 bits per heavy atom. The van der Waals surface area contributed by atoms with Crippen LogP contribution < -0.4 is 0 Å². The third-order valence-electron chi connectivity index (χ3n) is 13.0. The van der Waals surface area contributed by atoms with Crippen LogP contribution in [0, 0.1) is 50.2 Å². The molecule has 7 atom stereocenters. The number of fused-ring (bicyclic) bond motifs is 7. The molecule has 0 aromatic carbocycles. The Morgan fingerprint density at radius 2 is 1.67 bits per heavy atom. The summed E-state index contributed by atoms with van der Waals surface area (Å²) in [5.74, 6) is 1.11. The number of ether oxygens (including phenoxy) is 1. The van der Waals surface area contributed by atoms with Crippen molar-refractivity contribution >= 4 is 11.8 Å². The molecule has 0 saturated heterocycles. The fraction of sp³-hybridized carbons (Fsp3) is 0.812. The summed E-state index contributed by atoms with van der Waals surface area (Å²) in [6, 6.07) is 0. The highest BCUT2D eigenvalue weighted by atomic mass is 16.5. The van der Waals surface area contributed by atoms with Crippen LogP contribution in [-0.4, -0.2) is 24.0 Å². The summed E-state index contributed by atoms with van der Waals surface area (Å²) in [5, 5.41) is 10.0. The molecule has 4 fully saturated rings. The smallest absolute Gasteiger partial charge is 0.312 e. The Hall–Kier alpha value is -1.58. The first kappa shape index (κ1) is 26.0. The van der Waals surface area contributed by atoms with E-state index in [0.29, 0.717) is 23.8 Å². The first-order chi connectivity index (χ1) is 16.6. The van der Waals surface area contributed by atoms with Gasteiger partial charge in [-0.3, -0.25) is 9.59 Å². The molecule has 0 radical (unpaired) electrons.